The first-order chi connectivity index (χ1) is 11.6. The van der Waals surface area contributed by atoms with E-state index < -0.39 is 0 Å². The highest BCUT2D eigenvalue weighted by Gasteiger charge is 2.20. The van der Waals surface area contributed by atoms with E-state index in [-0.39, 0.29) is 5.78 Å². The zero-order valence-electron chi connectivity index (χ0n) is 14.2. The van der Waals surface area contributed by atoms with Gasteiger partial charge in [-0.15, -0.1) is 0 Å². The Hall–Kier alpha value is -2.95. The van der Waals surface area contributed by atoms with Crippen LogP contribution in [0.25, 0.3) is 6.08 Å². The number of hydrogen-bond acceptors (Lipinski definition) is 5. The van der Waals surface area contributed by atoms with E-state index in [1.54, 1.807) is 25.3 Å². The maximum Gasteiger partial charge on any atom is 0.193 e. The van der Waals surface area contributed by atoms with Gasteiger partial charge < -0.3 is 18.9 Å². The van der Waals surface area contributed by atoms with Crippen molar-refractivity contribution in [1.29, 1.82) is 0 Å². The van der Waals surface area contributed by atoms with Gasteiger partial charge in [-0.1, -0.05) is 18.2 Å². The van der Waals surface area contributed by atoms with E-state index in [9.17, 15) is 4.79 Å². The molecule has 0 saturated carbocycles. The van der Waals surface area contributed by atoms with Crippen molar-refractivity contribution in [2.24, 2.45) is 0 Å². The van der Waals surface area contributed by atoms with Crippen LogP contribution in [0.5, 0.6) is 23.0 Å². The maximum absolute atomic E-state index is 12.6. The summed E-state index contributed by atoms with van der Waals surface area (Å²) in [5.74, 6) is 1.77. The average molecular weight is 328 g/mol. The molecular weight excluding hydrogens is 308 g/mol. The molecule has 0 spiro atoms. The topological polar surface area (TPSA) is 54.0 Å². The molecule has 0 aliphatic heterocycles. The van der Waals surface area contributed by atoms with E-state index in [1.165, 1.54) is 27.4 Å². The third-order valence-electron chi connectivity index (χ3n) is 3.52. The van der Waals surface area contributed by atoms with E-state index in [0.29, 0.717) is 22.8 Å². The van der Waals surface area contributed by atoms with Crippen molar-refractivity contribution < 1.29 is 23.7 Å². The Kier molecular flexibility index (Phi) is 5.84. The highest BCUT2D eigenvalue weighted by molar-refractivity contribution is 6.11. The number of carbonyl (C=O) groups is 1. The fourth-order valence-electron chi connectivity index (χ4n) is 2.28. The van der Waals surface area contributed by atoms with Gasteiger partial charge in [0.25, 0.3) is 0 Å². The van der Waals surface area contributed by atoms with Crippen molar-refractivity contribution in [2.45, 2.75) is 0 Å². The molecule has 0 heterocycles. The standard InChI is InChI=1S/C19H20O5/c1-21-14-8-5-13(6-9-14)7-10-15(20)18-16(22-2)11-12-17(23-3)19(18)24-4/h5-12H,1-4H3/b10-7+. The van der Waals surface area contributed by atoms with Gasteiger partial charge in [-0.3, -0.25) is 4.79 Å². The van der Waals surface area contributed by atoms with Gasteiger partial charge in [-0.05, 0) is 35.9 Å². The number of carbonyl (C=O) groups excluding carboxylic acids is 1. The summed E-state index contributed by atoms with van der Waals surface area (Å²) in [6.45, 7) is 0. The Bertz CT molecular complexity index is 732. The minimum atomic E-state index is -0.238. The number of rotatable bonds is 7. The third kappa shape index (κ3) is 3.68. The van der Waals surface area contributed by atoms with Gasteiger partial charge in [0.05, 0.1) is 28.4 Å². The summed E-state index contributed by atoms with van der Waals surface area (Å²) in [5.41, 5.74) is 1.20. The van der Waals surface area contributed by atoms with Crippen molar-refractivity contribution in [1.82, 2.24) is 0 Å². The number of hydrogen-bond donors (Lipinski definition) is 0. The Morgan fingerprint density at radius 3 is 1.96 bits per heavy atom. The second-order valence-corrected chi connectivity index (χ2v) is 4.85. The number of ketones is 1. The molecule has 0 bridgehead atoms. The molecule has 0 amide bonds. The van der Waals surface area contributed by atoms with Crippen LogP contribution in [0.15, 0.2) is 42.5 Å². The lowest BCUT2D eigenvalue weighted by atomic mass is 10.1. The van der Waals surface area contributed by atoms with E-state index >= 15 is 0 Å². The fraction of sp³-hybridized carbons (Fsp3) is 0.211. The second kappa shape index (κ2) is 8.06. The molecule has 0 aliphatic carbocycles. The lowest BCUT2D eigenvalue weighted by Gasteiger charge is -2.14. The van der Waals surface area contributed by atoms with Crippen LogP contribution < -0.4 is 18.9 Å². The maximum atomic E-state index is 12.6. The zero-order valence-corrected chi connectivity index (χ0v) is 14.2. The summed E-state index contributed by atoms with van der Waals surface area (Å²) in [6, 6.07) is 10.8. The summed E-state index contributed by atoms with van der Waals surface area (Å²) in [5, 5.41) is 0. The first kappa shape index (κ1) is 17.4. The summed E-state index contributed by atoms with van der Waals surface area (Å²) < 4.78 is 21.0. The van der Waals surface area contributed by atoms with Gasteiger partial charge in [0.2, 0.25) is 0 Å². The van der Waals surface area contributed by atoms with E-state index in [2.05, 4.69) is 0 Å². The SMILES string of the molecule is COc1ccc(/C=C/C(=O)c2c(OC)ccc(OC)c2OC)cc1. The van der Waals surface area contributed by atoms with Crippen LogP contribution in [0.4, 0.5) is 0 Å². The summed E-state index contributed by atoms with van der Waals surface area (Å²) >= 11 is 0. The van der Waals surface area contributed by atoms with Gasteiger partial charge in [0.15, 0.2) is 17.3 Å². The lowest BCUT2D eigenvalue weighted by Crippen LogP contribution is -2.04. The monoisotopic (exact) mass is 328 g/mol. The van der Waals surface area contributed by atoms with Crippen molar-refractivity contribution in [3.8, 4) is 23.0 Å². The quantitative estimate of drug-likeness (QED) is 0.574. The summed E-state index contributed by atoms with van der Waals surface area (Å²) in [4.78, 5) is 12.6. The Morgan fingerprint density at radius 2 is 1.42 bits per heavy atom. The predicted octanol–water partition coefficient (Wildman–Crippen LogP) is 3.62. The molecule has 126 valence electrons. The minimum absolute atomic E-state index is 0.238. The Morgan fingerprint density at radius 1 is 0.792 bits per heavy atom. The third-order valence-corrected chi connectivity index (χ3v) is 3.52. The number of allylic oxidation sites excluding steroid dienone is 1. The Labute approximate surface area is 141 Å². The molecule has 0 aromatic heterocycles. The normalized spacial score (nSPS) is 10.5. The van der Waals surface area contributed by atoms with Crippen molar-refractivity contribution in [2.75, 3.05) is 28.4 Å². The molecule has 0 fully saturated rings. The molecule has 2 aromatic rings. The van der Waals surface area contributed by atoms with Crippen molar-refractivity contribution >= 4 is 11.9 Å². The molecule has 0 saturated heterocycles. The molecule has 0 radical (unpaired) electrons. The number of benzene rings is 2. The summed E-state index contributed by atoms with van der Waals surface area (Å²) in [6.07, 6.45) is 3.20. The van der Waals surface area contributed by atoms with Crippen LogP contribution in [0.1, 0.15) is 15.9 Å². The molecule has 2 rings (SSSR count). The van der Waals surface area contributed by atoms with Crippen LogP contribution in [0, 0.1) is 0 Å². The van der Waals surface area contributed by atoms with E-state index in [4.69, 9.17) is 18.9 Å². The first-order valence-electron chi connectivity index (χ1n) is 7.30. The molecule has 2 aromatic carbocycles. The molecule has 5 nitrogen and oxygen atoms in total. The predicted molar refractivity (Wildman–Crippen MR) is 92.5 cm³/mol. The average Bonchev–Trinajstić information content (AvgIpc) is 2.64. The molecule has 5 heteroatoms. The molecular formula is C19H20O5. The largest absolute Gasteiger partial charge is 0.497 e. The molecule has 0 unspecified atom stereocenters. The summed E-state index contributed by atoms with van der Waals surface area (Å²) in [7, 11) is 6.12. The van der Waals surface area contributed by atoms with Gasteiger partial charge in [-0.25, -0.2) is 0 Å². The van der Waals surface area contributed by atoms with Crippen molar-refractivity contribution in [3.05, 3.63) is 53.6 Å². The first-order valence-corrected chi connectivity index (χ1v) is 7.30. The van der Waals surface area contributed by atoms with Gasteiger partial charge >= 0.3 is 0 Å². The van der Waals surface area contributed by atoms with Gasteiger partial charge in [0, 0.05) is 0 Å². The smallest absolute Gasteiger partial charge is 0.193 e. The van der Waals surface area contributed by atoms with Crippen LogP contribution in [0.2, 0.25) is 0 Å². The van der Waals surface area contributed by atoms with Gasteiger partial charge in [0.1, 0.15) is 17.1 Å². The van der Waals surface area contributed by atoms with E-state index in [1.807, 2.05) is 24.3 Å². The second-order valence-electron chi connectivity index (χ2n) is 4.85. The van der Waals surface area contributed by atoms with Gasteiger partial charge in [-0.2, -0.15) is 0 Å². The van der Waals surface area contributed by atoms with Crippen LogP contribution in [-0.2, 0) is 0 Å². The number of methoxy groups -OCH3 is 4. The molecule has 24 heavy (non-hydrogen) atoms. The highest BCUT2D eigenvalue weighted by Crippen LogP contribution is 2.37. The number of ether oxygens (including phenoxy) is 4. The van der Waals surface area contributed by atoms with E-state index in [0.717, 1.165) is 11.3 Å². The zero-order chi connectivity index (χ0) is 17.5. The highest BCUT2D eigenvalue weighted by atomic mass is 16.5. The lowest BCUT2D eigenvalue weighted by molar-refractivity contribution is 0.104. The van der Waals surface area contributed by atoms with Crippen LogP contribution >= 0.6 is 0 Å². The molecule has 0 atom stereocenters. The Balaban J connectivity index is 2.35. The van der Waals surface area contributed by atoms with Crippen LogP contribution in [0.3, 0.4) is 0 Å². The molecule has 0 aliphatic rings. The van der Waals surface area contributed by atoms with Crippen molar-refractivity contribution in [3.63, 3.8) is 0 Å². The van der Waals surface area contributed by atoms with Crippen LogP contribution in [-0.4, -0.2) is 34.2 Å². The molecule has 0 N–H and O–H groups in total. The fourth-order valence-corrected chi connectivity index (χ4v) is 2.28. The minimum Gasteiger partial charge on any atom is -0.497 e.